The van der Waals surface area contributed by atoms with Gasteiger partial charge in [-0.2, -0.15) is 0 Å². The molecule has 0 saturated carbocycles. The number of phenols is 1. The van der Waals surface area contributed by atoms with E-state index in [1.807, 2.05) is 5.32 Å². The van der Waals surface area contributed by atoms with Gasteiger partial charge < -0.3 is 41.7 Å². The number of rotatable bonds is 11. The van der Waals surface area contributed by atoms with E-state index in [4.69, 9.17) is 10.2 Å². The van der Waals surface area contributed by atoms with Gasteiger partial charge in [-0.25, -0.2) is 4.79 Å². The number of carboxylic acids is 1. The Bertz CT molecular complexity index is 839. The summed E-state index contributed by atoms with van der Waals surface area (Å²) in [7, 11) is 0. The van der Waals surface area contributed by atoms with Crippen molar-refractivity contribution in [3.05, 3.63) is 29.8 Å². The van der Waals surface area contributed by atoms with Crippen molar-refractivity contribution in [1.82, 2.24) is 21.3 Å². The van der Waals surface area contributed by atoms with Crippen LogP contribution in [0, 0.1) is 0 Å². The molecule has 1 aliphatic heterocycles. The van der Waals surface area contributed by atoms with Crippen molar-refractivity contribution < 1.29 is 39.6 Å². The van der Waals surface area contributed by atoms with Crippen LogP contribution < -0.4 is 21.3 Å². The number of amides is 3. The van der Waals surface area contributed by atoms with Crippen LogP contribution in [0.1, 0.15) is 25.3 Å². The van der Waals surface area contributed by atoms with Gasteiger partial charge in [0.05, 0.1) is 18.8 Å². The van der Waals surface area contributed by atoms with Gasteiger partial charge in [0.15, 0.2) is 0 Å². The molecule has 0 aromatic heterocycles. The van der Waals surface area contributed by atoms with E-state index in [1.54, 1.807) is 12.1 Å². The minimum Gasteiger partial charge on any atom is -0.508 e. The molecule has 0 aliphatic carbocycles. The third kappa shape index (κ3) is 7.70. The molecule has 8 N–H and O–H groups in total. The Hall–Kier alpha value is -3.22. The molecular weight excluding hydrogens is 436 g/mol. The maximum Gasteiger partial charge on any atom is 0.328 e. The zero-order valence-corrected chi connectivity index (χ0v) is 18.2. The smallest absolute Gasteiger partial charge is 0.328 e. The van der Waals surface area contributed by atoms with Crippen molar-refractivity contribution in [3.8, 4) is 5.75 Å². The summed E-state index contributed by atoms with van der Waals surface area (Å²) in [5, 5.41) is 47.7. The summed E-state index contributed by atoms with van der Waals surface area (Å²) in [6.07, 6.45) is 0.0547. The molecule has 12 heteroatoms. The second kappa shape index (κ2) is 12.1. The Kier molecular flexibility index (Phi) is 9.57. The molecule has 12 nitrogen and oxygen atoms in total. The van der Waals surface area contributed by atoms with E-state index in [-0.39, 0.29) is 12.2 Å². The lowest BCUT2D eigenvalue weighted by Gasteiger charge is -2.26. The molecule has 2 rings (SSSR count). The molecule has 0 spiro atoms. The van der Waals surface area contributed by atoms with Gasteiger partial charge in [0.25, 0.3) is 0 Å². The van der Waals surface area contributed by atoms with Crippen LogP contribution in [0.2, 0.25) is 0 Å². The molecule has 0 bridgehead atoms. The minimum absolute atomic E-state index is 0.0293. The fourth-order valence-corrected chi connectivity index (χ4v) is 3.36. The quantitative estimate of drug-likeness (QED) is 0.175. The highest BCUT2D eigenvalue weighted by molar-refractivity contribution is 5.94. The number of phenolic OH excluding ortho intramolecular Hbond substituents is 1. The van der Waals surface area contributed by atoms with E-state index < -0.39 is 60.6 Å². The van der Waals surface area contributed by atoms with Crippen molar-refractivity contribution >= 4 is 23.7 Å². The molecule has 1 aliphatic rings. The first kappa shape index (κ1) is 26.0. The molecule has 5 atom stereocenters. The molecule has 5 unspecified atom stereocenters. The predicted molar refractivity (Wildman–Crippen MR) is 115 cm³/mol. The number of hydrogen-bond acceptors (Lipinski definition) is 8. The van der Waals surface area contributed by atoms with Gasteiger partial charge in [0.2, 0.25) is 17.7 Å². The Morgan fingerprint density at radius 3 is 2.24 bits per heavy atom. The number of carboxylic acid groups (broad SMARTS) is 1. The maximum absolute atomic E-state index is 13.0. The number of carbonyl (C=O) groups is 4. The summed E-state index contributed by atoms with van der Waals surface area (Å²) in [6.45, 7) is 1.03. The molecule has 1 aromatic carbocycles. The van der Waals surface area contributed by atoms with Crippen LogP contribution >= 0.6 is 0 Å². The number of aliphatic carboxylic acids is 1. The normalized spacial score (nSPS) is 19.1. The molecule has 1 fully saturated rings. The third-order valence-corrected chi connectivity index (χ3v) is 5.25. The van der Waals surface area contributed by atoms with Crippen molar-refractivity contribution in [3.63, 3.8) is 0 Å². The number of benzene rings is 1. The summed E-state index contributed by atoms with van der Waals surface area (Å²) in [5.41, 5.74) is 0.622. The van der Waals surface area contributed by atoms with E-state index in [0.717, 1.165) is 6.42 Å². The lowest BCUT2D eigenvalue weighted by molar-refractivity contribution is -0.144. The molecule has 1 saturated heterocycles. The van der Waals surface area contributed by atoms with E-state index in [9.17, 15) is 29.4 Å². The molecule has 1 heterocycles. The van der Waals surface area contributed by atoms with Gasteiger partial charge in [-0.05, 0) is 44.0 Å². The minimum atomic E-state index is -1.61. The Labute approximate surface area is 190 Å². The van der Waals surface area contributed by atoms with Crippen molar-refractivity contribution in [2.75, 3.05) is 13.2 Å². The number of aliphatic hydroxyl groups excluding tert-OH is 2. The average Bonchev–Trinajstić information content (AvgIpc) is 3.31. The zero-order valence-electron chi connectivity index (χ0n) is 18.2. The molecule has 1 aromatic rings. The van der Waals surface area contributed by atoms with E-state index >= 15 is 0 Å². The first-order valence-corrected chi connectivity index (χ1v) is 10.6. The summed E-state index contributed by atoms with van der Waals surface area (Å²) in [6, 6.07) is 1.28. The summed E-state index contributed by atoms with van der Waals surface area (Å²) in [4.78, 5) is 49.1. The van der Waals surface area contributed by atoms with Crippen molar-refractivity contribution in [2.24, 2.45) is 0 Å². The van der Waals surface area contributed by atoms with Crippen LogP contribution in [0.4, 0.5) is 0 Å². The molecular formula is C21H30N4O8. The van der Waals surface area contributed by atoms with Gasteiger partial charge >= 0.3 is 5.97 Å². The second-order valence-corrected chi connectivity index (χ2v) is 7.89. The van der Waals surface area contributed by atoms with Crippen LogP contribution in [0.5, 0.6) is 5.75 Å². The predicted octanol–water partition coefficient (Wildman–Crippen LogP) is -2.40. The largest absolute Gasteiger partial charge is 0.508 e. The second-order valence-electron chi connectivity index (χ2n) is 7.89. The van der Waals surface area contributed by atoms with Gasteiger partial charge in [0, 0.05) is 6.42 Å². The van der Waals surface area contributed by atoms with E-state index in [2.05, 4.69) is 16.0 Å². The van der Waals surface area contributed by atoms with Crippen molar-refractivity contribution in [2.45, 2.75) is 56.5 Å². The fraction of sp³-hybridized carbons (Fsp3) is 0.524. The molecule has 182 valence electrons. The summed E-state index contributed by atoms with van der Waals surface area (Å²) < 4.78 is 0. The van der Waals surface area contributed by atoms with Crippen molar-refractivity contribution in [1.29, 1.82) is 0 Å². The van der Waals surface area contributed by atoms with E-state index in [1.165, 1.54) is 19.1 Å². The molecule has 3 amide bonds. The van der Waals surface area contributed by atoms with Crippen LogP contribution in [0.3, 0.4) is 0 Å². The highest BCUT2D eigenvalue weighted by atomic mass is 16.4. The SMILES string of the molecule is CC(O)C(NC(=O)C(Cc1ccc(O)cc1)NC(=O)C1CCCN1)C(=O)NC(CO)C(=O)O. The topological polar surface area (TPSA) is 197 Å². The average molecular weight is 466 g/mol. The number of aromatic hydroxyl groups is 1. The lowest BCUT2D eigenvalue weighted by Crippen LogP contribution is -2.60. The first-order chi connectivity index (χ1) is 15.6. The van der Waals surface area contributed by atoms with Gasteiger partial charge in [0.1, 0.15) is 23.9 Å². The highest BCUT2D eigenvalue weighted by Gasteiger charge is 2.33. The standard InChI is InChI=1S/C21H30N4O8/c1-11(27)17(20(31)24-16(10-26)21(32)33)25-19(30)15(9-12-4-6-13(28)7-5-12)23-18(29)14-3-2-8-22-14/h4-7,11,14-17,22,26-28H,2-3,8-10H2,1H3,(H,23,29)(H,24,31)(H,25,30)(H,32,33). The monoisotopic (exact) mass is 466 g/mol. The van der Waals surface area contributed by atoms with Gasteiger partial charge in [-0.15, -0.1) is 0 Å². The number of aliphatic hydroxyl groups is 2. The lowest BCUT2D eigenvalue weighted by atomic mass is 10.0. The summed E-state index contributed by atoms with van der Waals surface area (Å²) in [5.74, 6) is -3.63. The molecule has 33 heavy (non-hydrogen) atoms. The zero-order chi connectivity index (χ0) is 24.5. The Balaban J connectivity index is 2.17. The van der Waals surface area contributed by atoms with E-state index in [0.29, 0.717) is 18.5 Å². The Morgan fingerprint density at radius 1 is 1.06 bits per heavy atom. The Morgan fingerprint density at radius 2 is 1.73 bits per heavy atom. The highest BCUT2D eigenvalue weighted by Crippen LogP contribution is 2.13. The maximum atomic E-state index is 13.0. The van der Waals surface area contributed by atoms with Gasteiger partial charge in [-0.1, -0.05) is 12.1 Å². The number of hydrogen-bond donors (Lipinski definition) is 8. The van der Waals surface area contributed by atoms with Gasteiger partial charge in [-0.3, -0.25) is 14.4 Å². The van der Waals surface area contributed by atoms with Crippen LogP contribution in [0.15, 0.2) is 24.3 Å². The third-order valence-electron chi connectivity index (χ3n) is 5.25. The molecule has 0 radical (unpaired) electrons. The fourth-order valence-electron chi connectivity index (χ4n) is 3.36. The first-order valence-electron chi connectivity index (χ1n) is 10.6. The van der Waals surface area contributed by atoms with Crippen LogP contribution in [0.25, 0.3) is 0 Å². The van der Waals surface area contributed by atoms with Crippen LogP contribution in [-0.4, -0.2) is 87.5 Å². The number of carbonyl (C=O) groups excluding carboxylic acids is 3. The summed E-state index contributed by atoms with van der Waals surface area (Å²) >= 11 is 0. The van der Waals surface area contributed by atoms with Crippen LogP contribution in [-0.2, 0) is 25.6 Å². The number of nitrogens with one attached hydrogen (secondary N) is 4.